The van der Waals surface area contributed by atoms with Crippen LogP contribution < -0.4 is 10.2 Å². The van der Waals surface area contributed by atoms with E-state index in [1.807, 2.05) is 98.8 Å². The lowest BCUT2D eigenvalue weighted by Gasteiger charge is -2.32. The Balaban J connectivity index is 1.38. The minimum Gasteiger partial charge on any atom is -0.352 e. The number of benzene rings is 4. The first-order valence-corrected chi connectivity index (χ1v) is 14.9. The molecule has 4 aromatic carbocycles. The van der Waals surface area contributed by atoms with Crippen LogP contribution in [0.1, 0.15) is 54.6 Å². The summed E-state index contributed by atoms with van der Waals surface area (Å²) >= 11 is 6.29. The fraction of sp³-hybridized carbons (Fsp3) is 0.286. The Labute approximate surface area is 252 Å². The molecule has 0 saturated heterocycles. The van der Waals surface area contributed by atoms with Crippen molar-refractivity contribution in [1.29, 1.82) is 0 Å². The van der Waals surface area contributed by atoms with Crippen molar-refractivity contribution in [3.63, 3.8) is 0 Å². The van der Waals surface area contributed by atoms with Gasteiger partial charge in [0.2, 0.25) is 11.8 Å². The molecule has 1 aliphatic rings. The fourth-order valence-corrected chi connectivity index (χ4v) is 5.77. The molecule has 2 atom stereocenters. The van der Waals surface area contributed by atoms with Crippen LogP contribution in [0.2, 0.25) is 5.02 Å². The lowest BCUT2D eigenvalue weighted by molar-refractivity contribution is -0.141. The standard InChI is InChI=1S/C35H36ClN3O3/c1-3-24(2)37-34(41)31(22-25-11-5-4-6-12-25)39(23-26-13-7-16-28(36)21-26)32(40)19-10-20-38-30-18-9-15-27-14-8-17-29(33(27)30)35(38)42/h4-9,11-18,21,24,31H,3,10,19-20,22-23H2,1-2H3,(H,37,41). The minimum atomic E-state index is -0.709. The third kappa shape index (κ3) is 6.50. The minimum absolute atomic E-state index is 0.0237. The Bertz CT molecular complexity index is 1580. The van der Waals surface area contributed by atoms with Gasteiger partial charge in [-0.15, -0.1) is 0 Å². The van der Waals surface area contributed by atoms with E-state index in [4.69, 9.17) is 11.6 Å². The van der Waals surface area contributed by atoms with Crippen molar-refractivity contribution in [2.75, 3.05) is 11.4 Å². The predicted octanol–water partition coefficient (Wildman–Crippen LogP) is 6.79. The molecule has 0 spiro atoms. The van der Waals surface area contributed by atoms with Crippen LogP contribution in [-0.2, 0) is 22.6 Å². The maximum atomic E-state index is 14.0. The van der Waals surface area contributed by atoms with E-state index in [0.717, 1.165) is 34.0 Å². The third-order valence-electron chi connectivity index (χ3n) is 7.94. The van der Waals surface area contributed by atoms with Crippen LogP contribution in [0.5, 0.6) is 0 Å². The van der Waals surface area contributed by atoms with Gasteiger partial charge in [-0.05, 0) is 60.5 Å². The Morgan fingerprint density at radius 3 is 2.38 bits per heavy atom. The molecule has 2 unspecified atom stereocenters. The molecular formula is C35H36ClN3O3. The molecule has 1 N–H and O–H groups in total. The first kappa shape index (κ1) is 29.3. The molecule has 5 rings (SSSR count). The monoisotopic (exact) mass is 581 g/mol. The van der Waals surface area contributed by atoms with Crippen LogP contribution >= 0.6 is 11.6 Å². The first-order valence-electron chi connectivity index (χ1n) is 14.6. The third-order valence-corrected chi connectivity index (χ3v) is 8.17. The Morgan fingerprint density at radius 2 is 1.64 bits per heavy atom. The highest BCUT2D eigenvalue weighted by molar-refractivity contribution is 6.30. The van der Waals surface area contributed by atoms with Crippen molar-refractivity contribution >= 4 is 45.8 Å². The van der Waals surface area contributed by atoms with Gasteiger partial charge in [0.15, 0.2) is 0 Å². The van der Waals surface area contributed by atoms with Crippen LogP contribution in [-0.4, -0.2) is 41.2 Å². The topological polar surface area (TPSA) is 69.7 Å². The average Bonchev–Trinajstić information content (AvgIpc) is 3.27. The summed E-state index contributed by atoms with van der Waals surface area (Å²) in [6.45, 7) is 4.64. The van der Waals surface area contributed by atoms with E-state index in [0.29, 0.717) is 30.0 Å². The molecule has 0 radical (unpaired) electrons. The van der Waals surface area contributed by atoms with E-state index in [1.54, 1.807) is 15.9 Å². The number of halogens is 1. The highest BCUT2D eigenvalue weighted by Crippen LogP contribution is 2.37. The summed E-state index contributed by atoms with van der Waals surface area (Å²) in [5.74, 6) is -0.363. The second kappa shape index (κ2) is 13.2. The van der Waals surface area contributed by atoms with Gasteiger partial charge in [0, 0.05) is 47.9 Å². The van der Waals surface area contributed by atoms with Crippen molar-refractivity contribution in [3.8, 4) is 0 Å². The maximum Gasteiger partial charge on any atom is 0.258 e. The van der Waals surface area contributed by atoms with Gasteiger partial charge >= 0.3 is 0 Å². The zero-order valence-electron chi connectivity index (χ0n) is 24.1. The molecule has 7 heteroatoms. The van der Waals surface area contributed by atoms with Crippen LogP contribution in [0.15, 0.2) is 91.0 Å². The molecule has 0 saturated carbocycles. The van der Waals surface area contributed by atoms with Crippen LogP contribution in [0, 0.1) is 0 Å². The van der Waals surface area contributed by atoms with Crippen molar-refractivity contribution in [2.45, 2.75) is 58.2 Å². The maximum absolute atomic E-state index is 14.0. The summed E-state index contributed by atoms with van der Waals surface area (Å²) in [5.41, 5.74) is 3.40. The Hall–Kier alpha value is -4.16. The summed E-state index contributed by atoms with van der Waals surface area (Å²) in [4.78, 5) is 44.4. The number of amides is 3. The van der Waals surface area contributed by atoms with E-state index in [-0.39, 0.29) is 36.7 Å². The Kier molecular flexibility index (Phi) is 9.23. The molecule has 0 fully saturated rings. The molecule has 1 heterocycles. The van der Waals surface area contributed by atoms with Crippen molar-refractivity contribution in [1.82, 2.24) is 10.2 Å². The van der Waals surface area contributed by atoms with Gasteiger partial charge < -0.3 is 15.1 Å². The quantitative estimate of drug-likeness (QED) is 0.200. The molecule has 42 heavy (non-hydrogen) atoms. The molecule has 216 valence electrons. The summed E-state index contributed by atoms with van der Waals surface area (Å²) in [6.07, 6.45) is 1.83. The molecular weight excluding hydrogens is 546 g/mol. The molecule has 6 nitrogen and oxygen atoms in total. The zero-order valence-corrected chi connectivity index (χ0v) is 24.8. The second-order valence-electron chi connectivity index (χ2n) is 10.9. The number of anilines is 1. The fourth-order valence-electron chi connectivity index (χ4n) is 5.56. The average molecular weight is 582 g/mol. The molecule has 0 bridgehead atoms. The lowest BCUT2D eigenvalue weighted by Crippen LogP contribution is -2.52. The zero-order chi connectivity index (χ0) is 29.6. The largest absolute Gasteiger partial charge is 0.352 e. The number of hydrogen-bond acceptors (Lipinski definition) is 3. The van der Waals surface area contributed by atoms with Crippen molar-refractivity contribution in [3.05, 3.63) is 113 Å². The van der Waals surface area contributed by atoms with Crippen molar-refractivity contribution in [2.24, 2.45) is 0 Å². The van der Waals surface area contributed by atoms with E-state index in [2.05, 4.69) is 5.32 Å². The normalized spacial score (nSPS) is 13.7. The van der Waals surface area contributed by atoms with Gasteiger partial charge in [-0.3, -0.25) is 14.4 Å². The highest BCUT2D eigenvalue weighted by Gasteiger charge is 2.32. The van der Waals surface area contributed by atoms with Crippen LogP contribution in [0.25, 0.3) is 10.8 Å². The Morgan fingerprint density at radius 1 is 0.929 bits per heavy atom. The SMILES string of the molecule is CCC(C)NC(=O)C(Cc1ccccc1)N(Cc1cccc(Cl)c1)C(=O)CCCN1C(=O)c2cccc3cccc1c23. The molecule has 4 aromatic rings. The van der Waals surface area contributed by atoms with Gasteiger partial charge in [-0.25, -0.2) is 0 Å². The van der Waals surface area contributed by atoms with Gasteiger partial charge in [-0.2, -0.15) is 0 Å². The lowest BCUT2D eigenvalue weighted by atomic mass is 10.0. The summed E-state index contributed by atoms with van der Waals surface area (Å²) in [5, 5.41) is 5.66. The van der Waals surface area contributed by atoms with Gasteiger partial charge in [-0.1, -0.05) is 85.3 Å². The molecule has 3 amide bonds. The van der Waals surface area contributed by atoms with Gasteiger partial charge in [0.1, 0.15) is 6.04 Å². The van der Waals surface area contributed by atoms with Gasteiger partial charge in [0.25, 0.3) is 5.91 Å². The summed E-state index contributed by atoms with van der Waals surface area (Å²) in [6, 6.07) is 28.1. The highest BCUT2D eigenvalue weighted by atomic mass is 35.5. The van der Waals surface area contributed by atoms with E-state index in [9.17, 15) is 14.4 Å². The molecule has 0 aromatic heterocycles. The van der Waals surface area contributed by atoms with Crippen LogP contribution in [0.4, 0.5) is 5.69 Å². The number of hydrogen-bond donors (Lipinski definition) is 1. The van der Waals surface area contributed by atoms with E-state index in [1.165, 1.54) is 0 Å². The number of nitrogens with zero attached hydrogens (tertiary/aromatic N) is 2. The summed E-state index contributed by atoms with van der Waals surface area (Å²) in [7, 11) is 0. The molecule has 1 aliphatic heterocycles. The number of carbonyl (C=O) groups is 3. The number of nitrogens with one attached hydrogen (secondary N) is 1. The van der Waals surface area contributed by atoms with Crippen molar-refractivity contribution < 1.29 is 14.4 Å². The molecule has 0 aliphatic carbocycles. The van der Waals surface area contributed by atoms with E-state index < -0.39 is 6.04 Å². The van der Waals surface area contributed by atoms with Gasteiger partial charge in [0.05, 0.1) is 5.69 Å². The van der Waals surface area contributed by atoms with Crippen LogP contribution in [0.3, 0.4) is 0 Å². The second-order valence-corrected chi connectivity index (χ2v) is 11.4. The summed E-state index contributed by atoms with van der Waals surface area (Å²) < 4.78 is 0. The predicted molar refractivity (Wildman–Crippen MR) is 169 cm³/mol. The van der Waals surface area contributed by atoms with E-state index >= 15 is 0 Å². The smallest absolute Gasteiger partial charge is 0.258 e. The number of carbonyl (C=O) groups excluding carboxylic acids is 3. The first-order chi connectivity index (χ1) is 20.4. The number of rotatable bonds is 12.